The van der Waals surface area contributed by atoms with Crippen LogP contribution in [0, 0.1) is 0 Å². The molecule has 0 aliphatic rings. The fraction of sp³-hybridized carbons (Fsp3) is 0.333. The minimum Gasteiger partial charge on any atom is -0.480 e. The van der Waals surface area contributed by atoms with Gasteiger partial charge in [0.25, 0.3) is 0 Å². The summed E-state index contributed by atoms with van der Waals surface area (Å²) in [6, 6.07) is 2.66. The second-order valence-electron chi connectivity index (χ2n) is 2.78. The molecule has 0 spiro atoms. The molecule has 14 heavy (non-hydrogen) atoms. The van der Waals surface area contributed by atoms with Crippen molar-refractivity contribution in [2.24, 2.45) is 0 Å². The number of carbonyl (C=O) groups excluding carboxylic acids is 1. The van der Waals surface area contributed by atoms with Gasteiger partial charge in [0.1, 0.15) is 0 Å². The van der Waals surface area contributed by atoms with Crippen molar-refractivity contribution >= 4 is 5.78 Å². The van der Waals surface area contributed by atoms with Gasteiger partial charge in [0.15, 0.2) is 0 Å². The number of pyridine rings is 1. The first-order valence-corrected chi connectivity index (χ1v) is 3.88. The lowest BCUT2D eigenvalue weighted by Crippen LogP contribution is -2.25. The first-order chi connectivity index (χ1) is 6.46. The summed E-state index contributed by atoms with van der Waals surface area (Å²) in [5.74, 6) is -4.78. The van der Waals surface area contributed by atoms with Crippen molar-refractivity contribution in [3.8, 4) is 5.88 Å². The van der Waals surface area contributed by atoms with Crippen molar-refractivity contribution < 1.29 is 18.3 Å². The monoisotopic (exact) mass is 201 g/mol. The number of methoxy groups -OCH3 is 1. The van der Waals surface area contributed by atoms with Gasteiger partial charge < -0.3 is 4.74 Å². The Morgan fingerprint density at radius 3 is 2.71 bits per heavy atom. The van der Waals surface area contributed by atoms with Gasteiger partial charge in [-0.3, -0.25) is 4.79 Å². The van der Waals surface area contributed by atoms with Crippen LogP contribution in [-0.4, -0.2) is 23.8 Å². The van der Waals surface area contributed by atoms with E-state index in [1.807, 2.05) is 0 Å². The molecular formula is C9H9F2NO2. The van der Waals surface area contributed by atoms with Crippen molar-refractivity contribution in [1.29, 1.82) is 0 Å². The molecule has 3 nitrogen and oxygen atoms in total. The zero-order valence-corrected chi connectivity index (χ0v) is 7.75. The van der Waals surface area contributed by atoms with Crippen LogP contribution in [-0.2, 0) is 0 Å². The highest BCUT2D eigenvalue weighted by molar-refractivity contribution is 6.02. The lowest BCUT2D eigenvalue weighted by Gasteiger charge is -2.10. The first kappa shape index (κ1) is 10.6. The van der Waals surface area contributed by atoms with Crippen LogP contribution in [0.3, 0.4) is 0 Å². The van der Waals surface area contributed by atoms with Crippen LogP contribution in [0.5, 0.6) is 5.88 Å². The molecule has 0 saturated heterocycles. The molecule has 1 aromatic rings. The fourth-order valence-electron chi connectivity index (χ4n) is 0.963. The number of aromatic nitrogens is 1. The molecule has 0 N–H and O–H groups in total. The smallest absolute Gasteiger partial charge is 0.307 e. The van der Waals surface area contributed by atoms with E-state index in [4.69, 9.17) is 4.74 Å². The number of hydrogen-bond donors (Lipinski definition) is 0. The van der Waals surface area contributed by atoms with Crippen LogP contribution in [0.25, 0.3) is 0 Å². The van der Waals surface area contributed by atoms with E-state index in [1.54, 1.807) is 0 Å². The average molecular weight is 201 g/mol. The maximum atomic E-state index is 12.7. The van der Waals surface area contributed by atoms with Crippen LogP contribution < -0.4 is 4.74 Å². The van der Waals surface area contributed by atoms with Gasteiger partial charge in [0.05, 0.1) is 12.7 Å². The third-order valence-corrected chi connectivity index (χ3v) is 1.61. The summed E-state index contributed by atoms with van der Waals surface area (Å²) in [7, 11) is 1.27. The Morgan fingerprint density at radius 1 is 1.57 bits per heavy atom. The second kappa shape index (κ2) is 3.69. The van der Waals surface area contributed by atoms with Crippen LogP contribution in [0.15, 0.2) is 18.3 Å². The summed E-state index contributed by atoms with van der Waals surface area (Å²) in [4.78, 5) is 14.8. The van der Waals surface area contributed by atoms with Crippen LogP contribution >= 0.6 is 0 Å². The van der Waals surface area contributed by atoms with Gasteiger partial charge in [-0.25, -0.2) is 4.98 Å². The highest BCUT2D eigenvalue weighted by atomic mass is 19.3. The average Bonchev–Trinajstić information content (AvgIpc) is 2.15. The molecule has 76 valence electrons. The first-order valence-electron chi connectivity index (χ1n) is 3.88. The number of ketones is 1. The molecular weight excluding hydrogens is 192 g/mol. The van der Waals surface area contributed by atoms with E-state index in [2.05, 4.69) is 4.98 Å². The number of rotatable bonds is 3. The maximum Gasteiger partial charge on any atom is 0.307 e. The predicted molar refractivity (Wildman–Crippen MR) is 45.7 cm³/mol. The topological polar surface area (TPSA) is 39.2 Å². The quantitative estimate of drug-likeness (QED) is 0.701. The van der Waals surface area contributed by atoms with Crippen LogP contribution in [0.2, 0.25) is 0 Å². The van der Waals surface area contributed by atoms with E-state index >= 15 is 0 Å². The van der Waals surface area contributed by atoms with Crippen molar-refractivity contribution in [3.63, 3.8) is 0 Å². The van der Waals surface area contributed by atoms with Gasteiger partial charge in [0.2, 0.25) is 11.7 Å². The normalized spacial score (nSPS) is 11.1. The van der Waals surface area contributed by atoms with E-state index in [-0.39, 0.29) is 11.4 Å². The SMILES string of the molecule is COc1ncccc1C(=O)C(C)(F)F. The highest BCUT2D eigenvalue weighted by Crippen LogP contribution is 2.23. The summed E-state index contributed by atoms with van der Waals surface area (Å²) in [6.45, 7) is 0.543. The number of ether oxygens (including phenoxy) is 1. The van der Waals surface area contributed by atoms with Gasteiger partial charge in [-0.2, -0.15) is 8.78 Å². The van der Waals surface area contributed by atoms with E-state index in [0.717, 1.165) is 0 Å². The van der Waals surface area contributed by atoms with E-state index in [1.165, 1.54) is 25.4 Å². The third-order valence-electron chi connectivity index (χ3n) is 1.61. The van der Waals surface area contributed by atoms with Crippen molar-refractivity contribution in [3.05, 3.63) is 23.9 Å². The Hall–Kier alpha value is -1.52. The molecule has 0 bridgehead atoms. The Kier molecular flexibility index (Phi) is 2.78. The summed E-state index contributed by atoms with van der Waals surface area (Å²) in [6.07, 6.45) is 1.36. The largest absolute Gasteiger partial charge is 0.480 e. The summed E-state index contributed by atoms with van der Waals surface area (Å²) < 4.78 is 30.1. The van der Waals surface area contributed by atoms with Gasteiger partial charge >= 0.3 is 5.92 Å². The van der Waals surface area contributed by atoms with Gasteiger partial charge in [0, 0.05) is 13.1 Å². The van der Waals surface area contributed by atoms with Crippen molar-refractivity contribution in [1.82, 2.24) is 4.98 Å². The number of halogens is 2. The lowest BCUT2D eigenvalue weighted by molar-refractivity contribution is 0.0218. The molecule has 0 radical (unpaired) electrons. The predicted octanol–water partition coefficient (Wildman–Crippen LogP) is 1.93. The van der Waals surface area contributed by atoms with E-state index < -0.39 is 11.7 Å². The van der Waals surface area contributed by atoms with Crippen LogP contribution in [0.4, 0.5) is 8.78 Å². The van der Waals surface area contributed by atoms with Gasteiger partial charge in [-0.05, 0) is 12.1 Å². The fourth-order valence-corrected chi connectivity index (χ4v) is 0.963. The van der Waals surface area contributed by atoms with E-state index in [0.29, 0.717) is 6.92 Å². The molecule has 0 unspecified atom stereocenters. The molecule has 1 aromatic heterocycles. The number of nitrogens with zero attached hydrogens (tertiary/aromatic N) is 1. The summed E-state index contributed by atoms with van der Waals surface area (Å²) >= 11 is 0. The molecule has 0 aliphatic heterocycles. The minimum absolute atomic E-state index is 0.0842. The Bertz CT molecular complexity index is 347. The van der Waals surface area contributed by atoms with Crippen LogP contribution in [0.1, 0.15) is 17.3 Å². The number of carbonyl (C=O) groups is 1. The maximum absolute atomic E-state index is 12.7. The minimum atomic E-state index is -3.41. The second-order valence-corrected chi connectivity index (χ2v) is 2.78. The number of Topliss-reactive ketones (excluding diaryl/α,β-unsaturated/α-hetero) is 1. The molecule has 1 rings (SSSR count). The zero-order valence-electron chi connectivity index (χ0n) is 7.75. The molecule has 0 aliphatic carbocycles. The Balaban J connectivity index is 3.13. The van der Waals surface area contributed by atoms with Gasteiger partial charge in [-0.1, -0.05) is 0 Å². The van der Waals surface area contributed by atoms with Crippen molar-refractivity contribution in [2.45, 2.75) is 12.8 Å². The number of hydrogen-bond acceptors (Lipinski definition) is 3. The Labute approximate surface area is 79.7 Å². The summed E-state index contributed by atoms with van der Waals surface area (Å²) in [5.41, 5.74) is -0.206. The number of alkyl halides is 2. The summed E-state index contributed by atoms with van der Waals surface area (Å²) in [5, 5.41) is 0. The van der Waals surface area contributed by atoms with E-state index in [9.17, 15) is 13.6 Å². The van der Waals surface area contributed by atoms with Gasteiger partial charge in [-0.15, -0.1) is 0 Å². The molecule has 0 saturated carbocycles. The molecule has 1 heterocycles. The molecule has 0 amide bonds. The molecule has 5 heteroatoms. The molecule has 0 aromatic carbocycles. The highest BCUT2D eigenvalue weighted by Gasteiger charge is 2.35. The third kappa shape index (κ3) is 2.04. The molecule has 0 fully saturated rings. The molecule has 0 atom stereocenters. The standard InChI is InChI=1S/C9H9F2NO2/c1-9(10,11)7(13)6-4-3-5-12-8(6)14-2/h3-5H,1-2H3. The Morgan fingerprint density at radius 2 is 2.21 bits per heavy atom. The van der Waals surface area contributed by atoms with Crippen molar-refractivity contribution in [2.75, 3.05) is 7.11 Å². The zero-order chi connectivity index (χ0) is 10.8. The lowest BCUT2D eigenvalue weighted by atomic mass is 10.1.